The lowest BCUT2D eigenvalue weighted by Crippen LogP contribution is -2.35. The molecule has 62 valence electrons. The highest BCUT2D eigenvalue weighted by molar-refractivity contribution is 5.17. The second-order valence-corrected chi connectivity index (χ2v) is 3.09. The smallest absolute Gasteiger partial charge is 0.0184 e. The summed E-state index contributed by atoms with van der Waals surface area (Å²) in [6, 6.07) is 0.584. The van der Waals surface area contributed by atoms with Gasteiger partial charge < -0.3 is 10.6 Å². The van der Waals surface area contributed by atoms with Crippen LogP contribution in [-0.4, -0.2) is 12.6 Å². The van der Waals surface area contributed by atoms with Crippen molar-refractivity contribution >= 4 is 0 Å². The normalized spacial score (nSPS) is 25.1. The molecular weight excluding hydrogens is 136 g/mol. The Hall–Kier alpha value is -0.760. The first-order valence-electron chi connectivity index (χ1n) is 4.03. The van der Waals surface area contributed by atoms with Crippen molar-refractivity contribution in [2.75, 3.05) is 6.54 Å². The van der Waals surface area contributed by atoms with Gasteiger partial charge in [-0.1, -0.05) is 6.58 Å². The Bertz CT molecular complexity index is 182. The largest absolute Gasteiger partial charge is 0.366 e. The first-order chi connectivity index (χ1) is 5.24. The molecule has 11 heavy (non-hydrogen) atoms. The average Bonchev–Trinajstić information content (AvgIpc) is 1.98. The van der Waals surface area contributed by atoms with Crippen molar-refractivity contribution < 1.29 is 0 Å². The Balaban J connectivity index is 2.63. The lowest BCUT2D eigenvalue weighted by molar-refractivity contribution is 0.525. The van der Waals surface area contributed by atoms with E-state index >= 15 is 0 Å². The lowest BCUT2D eigenvalue weighted by atomic mass is 10.0. The highest BCUT2D eigenvalue weighted by Gasteiger charge is 2.12. The molecule has 0 aromatic rings. The van der Waals surface area contributed by atoms with E-state index in [0.29, 0.717) is 6.04 Å². The van der Waals surface area contributed by atoms with Crippen molar-refractivity contribution in [2.24, 2.45) is 0 Å². The van der Waals surface area contributed by atoms with Crippen LogP contribution in [0.15, 0.2) is 24.0 Å². The maximum atomic E-state index is 3.65. The molecule has 2 heteroatoms. The third kappa shape index (κ3) is 2.09. The molecule has 1 atom stereocenters. The van der Waals surface area contributed by atoms with E-state index < -0.39 is 0 Å². The minimum Gasteiger partial charge on any atom is -0.366 e. The molecule has 0 aliphatic carbocycles. The van der Waals surface area contributed by atoms with Crippen molar-refractivity contribution in [3.8, 4) is 0 Å². The summed E-state index contributed by atoms with van der Waals surface area (Å²) in [5.74, 6) is 0. The Kier molecular flexibility index (Phi) is 2.71. The van der Waals surface area contributed by atoms with E-state index in [1.165, 1.54) is 11.3 Å². The fourth-order valence-electron chi connectivity index (χ4n) is 1.29. The molecule has 0 aromatic heterocycles. The molecule has 2 nitrogen and oxygen atoms in total. The van der Waals surface area contributed by atoms with Crippen LogP contribution in [-0.2, 0) is 0 Å². The van der Waals surface area contributed by atoms with Crippen LogP contribution in [0.1, 0.15) is 20.3 Å². The molecule has 0 amide bonds. The summed E-state index contributed by atoms with van der Waals surface area (Å²) >= 11 is 0. The SMILES string of the molecule is C=CNC1=C(C)CNC(C)C1. The lowest BCUT2D eigenvalue weighted by Gasteiger charge is -2.24. The first kappa shape index (κ1) is 8.34. The molecule has 1 rings (SSSR count). The number of hydrogen-bond acceptors (Lipinski definition) is 2. The third-order valence-electron chi connectivity index (χ3n) is 2.02. The molecule has 1 heterocycles. The zero-order chi connectivity index (χ0) is 8.27. The molecule has 0 saturated carbocycles. The molecule has 1 aliphatic heterocycles. The maximum Gasteiger partial charge on any atom is 0.0184 e. The molecule has 1 aliphatic rings. The van der Waals surface area contributed by atoms with E-state index in [1.807, 2.05) is 0 Å². The zero-order valence-corrected chi connectivity index (χ0v) is 7.28. The summed E-state index contributed by atoms with van der Waals surface area (Å²) in [7, 11) is 0. The Morgan fingerprint density at radius 1 is 1.73 bits per heavy atom. The third-order valence-corrected chi connectivity index (χ3v) is 2.02. The van der Waals surface area contributed by atoms with E-state index in [4.69, 9.17) is 0 Å². The summed E-state index contributed by atoms with van der Waals surface area (Å²) in [4.78, 5) is 0. The van der Waals surface area contributed by atoms with Gasteiger partial charge in [0.2, 0.25) is 0 Å². The Morgan fingerprint density at radius 3 is 3.09 bits per heavy atom. The summed E-state index contributed by atoms with van der Waals surface area (Å²) in [5, 5.41) is 6.56. The van der Waals surface area contributed by atoms with Crippen LogP contribution in [0.4, 0.5) is 0 Å². The standard InChI is InChI=1S/C9H16N2/c1-4-10-9-5-8(3)11-6-7(9)2/h4,8,10-11H,1,5-6H2,2-3H3. The van der Waals surface area contributed by atoms with Crippen molar-refractivity contribution in [1.29, 1.82) is 0 Å². The molecule has 0 spiro atoms. The number of rotatable bonds is 2. The molecular formula is C9H16N2. The van der Waals surface area contributed by atoms with E-state index in [1.54, 1.807) is 6.20 Å². The van der Waals surface area contributed by atoms with Gasteiger partial charge in [-0.05, 0) is 25.6 Å². The molecule has 0 aromatic carbocycles. The van der Waals surface area contributed by atoms with Crippen LogP contribution in [0.3, 0.4) is 0 Å². The van der Waals surface area contributed by atoms with Crippen LogP contribution < -0.4 is 10.6 Å². The number of nitrogens with one attached hydrogen (secondary N) is 2. The van der Waals surface area contributed by atoms with E-state index in [-0.39, 0.29) is 0 Å². The summed E-state index contributed by atoms with van der Waals surface area (Å²) in [5.41, 5.74) is 2.72. The van der Waals surface area contributed by atoms with Crippen molar-refractivity contribution in [1.82, 2.24) is 10.6 Å². The molecule has 0 radical (unpaired) electrons. The Morgan fingerprint density at radius 2 is 2.45 bits per heavy atom. The van der Waals surface area contributed by atoms with Crippen LogP contribution >= 0.6 is 0 Å². The van der Waals surface area contributed by atoms with E-state index in [9.17, 15) is 0 Å². The van der Waals surface area contributed by atoms with Crippen molar-refractivity contribution in [3.63, 3.8) is 0 Å². The highest BCUT2D eigenvalue weighted by Crippen LogP contribution is 2.12. The van der Waals surface area contributed by atoms with Gasteiger partial charge in [0, 0.05) is 24.7 Å². The maximum absolute atomic E-state index is 3.65. The van der Waals surface area contributed by atoms with Gasteiger partial charge in [0.1, 0.15) is 0 Å². The Labute approximate surface area is 68.4 Å². The van der Waals surface area contributed by atoms with Gasteiger partial charge >= 0.3 is 0 Å². The van der Waals surface area contributed by atoms with Gasteiger partial charge in [-0.25, -0.2) is 0 Å². The topological polar surface area (TPSA) is 24.1 Å². The van der Waals surface area contributed by atoms with Gasteiger partial charge in [-0.2, -0.15) is 0 Å². The summed E-state index contributed by atoms with van der Waals surface area (Å²) in [6.07, 6.45) is 2.83. The molecule has 1 unspecified atom stereocenters. The summed E-state index contributed by atoms with van der Waals surface area (Å²) < 4.78 is 0. The van der Waals surface area contributed by atoms with Crippen LogP contribution in [0.5, 0.6) is 0 Å². The van der Waals surface area contributed by atoms with Gasteiger partial charge in [0.05, 0.1) is 0 Å². The minimum absolute atomic E-state index is 0.584. The van der Waals surface area contributed by atoms with Gasteiger partial charge in [-0.15, -0.1) is 0 Å². The van der Waals surface area contributed by atoms with Crippen LogP contribution in [0.2, 0.25) is 0 Å². The number of hydrogen-bond donors (Lipinski definition) is 2. The monoisotopic (exact) mass is 152 g/mol. The van der Waals surface area contributed by atoms with Crippen molar-refractivity contribution in [2.45, 2.75) is 26.3 Å². The van der Waals surface area contributed by atoms with Gasteiger partial charge in [0.15, 0.2) is 0 Å². The van der Waals surface area contributed by atoms with Crippen molar-refractivity contribution in [3.05, 3.63) is 24.0 Å². The van der Waals surface area contributed by atoms with Crippen LogP contribution in [0.25, 0.3) is 0 Å². The highest BCUT2D eigenvalue weighted by atomic mass is 15.0. The molecule has 2 N–H and O–H groups in total. The predicted molar refractivity (Wildman–Crippen MR) is 48.1 cm³/mol. The zero-order valence-electron chi connectivity index (χ0n) is 7.28. The second-order valence-electron chi connectivity index (χ2n) is 3.09. The fourth-order valence-corrected chi connectivity index (χ4v) is 1.29. The van der Waals surface area contributed by atoms with E-state index in [0.717, 1.165) is 13.0 Å². The predicted octanol–water partition coefficient (Wildman–Crippen LogP) is 1.38. The van der Waals surface area contributed by atoms with Gasteiger partial charge in [-0.3, -0.25) is 0 Å². The quantitative estimate of drug-likeness (QED) is 0.624. The van der Waals surface area contributed by atoms with Gasteiger partial charge in [0.25, 0.3) is 0 Å². The molecule has 0 fully saturated rings. The fraction of sp³-hybridized carbons (Fsp3) is 0.556. The minimum atomic E-state index is 0.584. The van der Waals surface area contributed by atoms with E-state index in [2.05, 4.69) is 31.1 Å². The average molecular weight is 152 g/mol. The summed E-state index contributed by atoms with van der Waals surface area (Å²) in [6.45, 7) is 8.98. The molecule has 0 bridgehead atoms. The van der Waals surface area contributed by atoms with Crippen LogP contribution in [0, 0.1) is 0 Å². The second kappa shape index (κ2) is 3.58. The molecule has 0 saturated heterocycles. The first-order valence-corrected chi connectivity index (χ1v) is 4.03.